The summed E-state index contributed by atoms with van der Waals surface area (Å²) in [6.07, 6.45) is 34.2. The second kappa shape index (κ2) is 30.1. The lowest BCUT2D eigenvalue weighted by Crippen LogP contribution is -2.49. The van der Waals surface area contributed by atoms with E-state index in [0.717, 1.165) is 24.2 Å². The van der Waals surface area contributed by atoms with Gasteiger partial charge in [-0.25, -0.2) is 10.1 Å². The van der Waals surface area contributed by atoms with Crippen molar-refractivity contribution in [3.05, 3.63) is 67.1 Å². The van der Waals surface area contributed by atoms with Crippen LogP contribution in [0.1, 0.15) is 175 Å². The van der Waals surface area contributed by atoms with Gasteiger partial charge < -0.3 is 0 Å². The molecular weight excluding hydrogens is 576 g/mol. The number of anilines is 2. The summed E-state index contributed by atoms with van der Waals surface area (Å²) in [5, 5.41) is 4.10. The molecule has 2 aromatic rings. The van der Waals surface area contributed by atoms with Gasteiger partial charge >= 0.3 is 0 Å². The van der Waals surface area contributed by atoms with Crippen LogP contribution in [0.4, 0.5) is 11.4 Å². The predicted octanol–water partition coefficient (Wildman–Crippen LogP) is 13.8. The van der Waals surface area contributed by atoms with Crippen LogP contribution in [0.3, 0.4) is 0 Å². The predicted molar refractivity (Wildman–Crippen MR) is 206 cm³/mol. The van der Waals surface area contributed by atoms with Crippen molar-refractivity contribution in [1.82, 2.24) is 0 Å². The highest BCUT2D eigenvalue weighted by Gasteiger charge is 2.27. The number of hydrogen-bond acceptors (Lipinski definition) is 4. The lowest BCUT2D eigenvalue weighted by atomic mass is 10.1. The normalized spacial score (nSPS) is 11.4. The third-order valence-corrected chi connectivity index (χ3v) is 9.26. The van der Waals surface area contributed by atoms with E-state index >= 15 is 0 Å². The second-order valence-corrected chi connectivity index (χ2v) is 13.5. The molecule has 0 spiro atoms. The zero-order chi connectivity index (χ0) is 33.5. The molecule has 267 valence electrons. The Morgan fingerprint density at radius 2 is 0.702 bits per heavy atom. The van der Waals surface area contributed by atoms with Gasteiger partial charge in [0.05, 0.1) is 24.6 Å². The van der Waals surface area contributed by atoms with E-state index in [1.54, 1.807) is 0 Å². The minimum atomic E-state index is -0.186. The number of nitrogens with zero attached hydrogens (tertiary/aromatic N) is 2. The molecule has 0 aromatic heterocycles. The van der Waals surface area contributed by atoms with Crippen LogP contribution in [0.15, 0.2) is 60.7 Å². The minimum absolute atomic E-state index is 0.186. The summed E-state index contributed by atoms with van der Waals surface area (Å²) < 4.78 is 0. The highest BCUT2D eigenvalue weighted by molar-refractivity contribution is 5.51. The molecule has 0 saturated heterocycles. The van der Waals surface area contributed by atoms with Crippen molar-refractivity contribution in [3.63, 3.8) is 0 Å². The summed E-state index contributed by atoms with van der Waals surface area (Å²) in [6, 6.07) is 21.0. The van der Waals surface area contributed by atoms with Crippen molar-refractivity contribution in [2.75, 3.05) is 23.3 Å². The molecule has 0 heterocycles. The van der Waals surface area contributed by atoms with Gasteiger partial charge in [0.1, 0.15) is 0 Å². The topological polar surface area (TPSA) is 24.9 Å². The Morgan fingerprint density at radius 1 is 0.426 bits per heavy atom. The summed E-state index contributed by atoms with van der Waals surface area (Å²) >= 11 is 0. The second-order valence-electron chi connectivity index (χ2n) is 13.5. The standard InChI is InChI=1S/C43H73N2O2/c1-4-7-9-11-13-15-17-19-21-23-25-33-39-46-44(41-35-29-27-30-36-41)43(6-3)45(42-37-31-28-32-38-42)47-40-34-26-24-22-20-18-16-14-12-10-8-5-2/h6,27-32,35-38,43H,4-5,7-26,33-34,39-40H2,1-3H3. The fourth-order valence-corrected chi connectivity index (χ4v) is 6.34. The van der Waals surface area contributed by atoms with Gasteiger partial charge in [0.15, 0.2) is 6.17 Å². The summed E-state index contributed by atoms with van der Waals surface area (Å²) in [7, 11) is 0. The molecule has 2 aromatic carbocycles. The summed E-state index contributed by atoms with van der Waals surface area (Å²) in [6.45, 7) is 8.10. The average molecular weight is 650 g/mol. The molecule has 0 fully saturated rings. The SMILES string of the molecule is C[CH]C(N(OCCCCCCCCCCCCCC)c1ccccc1)N(OCCCCCCCCCCCCCC)c1ccccc1. The molecule has 0 aliphatic heterocycles. The first kappa shape index (κ1) is 41.1. The maximum absolute atomic E-state index is 6.57. The van der Waals surface area contributed by atoms with Crippen molar-refractivity contribution in [3.8, 4) is 0 Å². The third kappa shape index (κ3) is 20.2. The number of benzene rings is 2. The first-order chi connectivity index (χ1) is 23.3. The monoisotopic (exact) mass is 650 g/mol. The van der Waals surface area contributed by atoms with Gasteiger partial charge in [-0.3, -0.25) is 9.68 Å². The van der Waals surface area contributed by atoms with Crippen LogP contribution in [-0.2, 0) is 9.68 Å². The number of unbranched alkanes of at least 4 members (excludes halogenated alkanes) is 22. The molecule has 4 nitrogen and oxygen atoms in total. The van der Waals surface area contributed by atoms with E-state index in [4.69, 9.17) is 9.68 Å². The van der Waals surface area contributed by atoms with Gasteiger partial charge in [-0.05, 0) is 37.1 Å². The Morgan fingerprint density at radius 3 is 0.979 bits per heavy atom. The van der Waals surface area contributed by atoms with Crippen LogP contribution in [-0.4, -0.2) is 19.4 Å². The Kier molecular flexibility index (Phi) is 26.3. The molecule has 47 heavy (non-hydrogen) atoms. The fraction of sp³-hybridized carbons (Fsp3) is 0.698. The highest BCUT2D eigenvalue weighted by atomic mass is 16.7. The summed E-state index contributed by atoms with van der Waals surface area (Å²) in [5.74, 6) is 0. The van der Waals surface area contributed by atoms with Crippen molar-refractivity contribution in [1.29, 1.82) is 0 Å². The quantitative estimate of drug-likeness (QED) is 0.0436. The molecule has 0 bridgehead atoms. The summed E-state index contributed by atoms with van der Waals surface area (Å²) in [4.78, 5) is 13.1. The average Bonchev–Trinajstić information content (AvgIpc) is 3.11. The van der Waals surface area contributed by atoms with Gasteiger partial charge in [0, 0.05) is 6.42 Å². The Bertz CT molecular complexity index is 835. The van der Waals surface area contributed by atoms with E-state index in [-0.39, 0.29) is 6.17 Å². The van der Waals surface area contributed by atoms with E-state index in [9.17, 15) is 0 Å². The molecule has 0 N–H and O–H groups in total. The van der Waals surface area contributed by atoms with E-state index in [1.807, 2.05) is 10.1 Å². The number of rotatable bonds is 33. The first-order valence-corrected chi connectivity index (χ1v) is 20.1. The van der Waals surface area contributed by atoms with Crippen molar-refractivity contribution < 1.29 is 9.68 Å². The van der Waals surface area contributed by atoms with Crippen LogP contribution in [0.25, 0.3) is 0 Å². The van der Waals surface area contributed by atoms with E-state index in [0.29, 0.717) is 13.2 Å². The Labute approximate surface area is 291 Å². The van der Waals surface area contributed by atoms with Gasteiger partial charge in [-0.15, -0.1) is 0 Å². The van der Waals surface area contributed by atoms with Gasteiger partial charge in [-0.2, -0.15) is 0 Å². The molecule has 0 aliphatic carbocycles. The van der Waals surface area contributed by atoms with Crippen LogP contribution >= 0.6 is 0 Å². The zero-order valence-electron chi connectivity index (χ0n) is 31.0. The largest absolute Gasteiger partial charge is 0.271 e. The maximum Gasteiger partial charge on any atom is 0.155 e. The van der Waals surface area contributed by atoms with Crippen LogP contribution in [0.2, 0.25) is 0 Å². The first-order valence-electron chi connectivity index (χ1n) is 20.1. The lowest BCUT2D eigenvalue weighted by molar-refractivity contribution is 0.0312. The van der Waals surface area contributed by atoms with Gasteiger partial charge in [0.25, 0.3) is 0 Å². The number of hydrogen-bond donors (Lipinski definition) is 0. The van der Waals surface area contributed by atoms with Crippen LogP contribution in [0.5, 0.6) is 0 Å². The molecule has 0 unspecified atom stereocenters. The van der Waals surface area contributed by atoms with Crippen LogP contribution in [0, 0.1) is 6.42 Å². The van der Waals surface area contributed by atoms with Crippen molar-refractivity contribution in [2.45, 2.75) is 181 Å². The molecule has 4 heteroatoms. The maximum atomic E-state index is 6.57. The molecule has 2 rings (SSSR count). The van der Waals surface area contributed by atoms with Gasteiger partial charge in [0.2, 0.25) is 0 Å². The van der Waals surface area contributed by atoms with E-state index in [1.165, 1.54) is 141 Å². The summed E-state index contributed by atoms with van der Waals surface area (Å²) in [5.41, 5.74) is 2.09. The van der Waals surface area contributed by atoms with E-state index < -0.39 is 0 Å². The Hall–Kier alpha value is -2.04. The number of para-hydroxylation sites is 2. The highest BCUT2D eigenvalue weighted by Crippen LogP contribution is 2.27. The smallest absolute Gasteiger partial charge is 0.155 e. The zero-order valence-corrected chi connectivity index (χ0v) is 31.0. The van der Waals surface area contributed by atoms with E-state index in [2.05, 4.69) is 87.9 Å². The molecule has 0 amide bonds. The minimum Gasteiger partial charge on any atom is -0.271 e. The Balaban J connectivity index is 1.80. The lowest BCUT2D eigenvalue weighted by Gasteiger charge is -2.39. The van der Waals surface area contributed by atoms with Crippen LogP contribution < -0.4 is 10.1 Å². The molecule has 0 saturated carbocycles. The molecular formula is C43H73N2O2. The molecule has 0 atom stereocenters. The van der Waals surface area contributed by atoms with Crippen molar-refractivity contribution >= 4 is 11.4 Å². The van der Waals surface area contributed by atoms with Gasteiger partial charge in [-0.1, -0.05) is 198 Å². The third-order valence-electron chi connectivity index (χ3n) is 9.26. The van der Waals surface area contributed by atoms with Crippen molar-refractivity contribution in [2.24, 2.45) is 0 Å². The fourth-order valence-electron chi connectivity index (χ4n) is 6.34. The molecule has 1 radical (unpaired) electrons. The molecule has 0 aliphatic rings. The number of hydroxylamine groups is 2.